The SMILES string of the molecule is CC(=O)Nc1ccc(-c2csc(N3CCCCC3)n2)cc1. The molecule has 2 aromatic rings. The lowest BCUT2D eigenvalue weighted by atomic mass is 10.1. The molecule has 0 spiro atoms. The Kier molecular flexibility index (Phi) is 4.20. The van der Waals surface area contributed by atoms with Crippen LogP contribution in [0.4, 0.5) is 10.8 Å². The van der Waals surface area contributed by atoms with Crippen molar-refractivity contribution in [3.63, 3.8) is 0 Å². The van der Waals surface area contributed by atoms with E-state index in [0.717, 1.165) is 35.2 Å². The molecule has 4 nitrogen and oxygen atoms in total. The minimum Gasteiger partial charge on any atom is -0.348 e. The third-order valence-electron chi connectivity index (χ3n) is 3.62. The lowest BCUT2D eigenvalue weighted by molar-refractivity contribution is -0.114. The fourth-order valence-electron chi connectivity index (χ4n) is 2.55. The zero-order valence-electron chi connectivity index (χ0n) is 12.1. The van der Waals surface area contributed by atoms with E-state index < -0.39 is 0 Å². The molecule has 0 aliphatic carbocycles. The van der Waals surface area contributed by atoms with E-state index in [4.69, 9.17) is 4.98 Å². The van der Waals surface area contributed by atoms with Crippen LogP contribution in [-0.4, -0.2) is 24.0 Å². The van der Waals surface area contributed by atoms with Crippen molar-refractivity contribution in [1.29, 1.82) is 0 Å². The first kappa shape index (κ1) is 14.1. The van der Waals surface area contributed by atoms with Crippen molar-refractivity contribution in [1.82, 2.24) is 4.98 Å². The van der Waals surface area contributed by atoms with E-state index in [1.54, 1.807) is 11.3 Å². The van der Waals surface area contributed by atoms with E-state index in [1.165, 1.54) is 26.2 Å². The zero-order valence-corrected chi connectivity index (χ0v) is 12.9. The van der Waals surface area contributed by atoms with Gasteiger partial charge >= 0.3 is 0 Å². The summed E-state index contributed by atoms with van der Waals surface area (Å²) in [6, 6.07) is 7.83. The average molecular weight is 301 g/mol. The Labute approximate surface area is 128 Å². The summed E-state index contributed by atoms with van der Waals surface area (Å²) < 4.78 is 0. The fourth-order valence-corrected chi connectivity index (χ4v) is 3.44. The normalized spacial score (nSPS) is 15.0. The lowest BCUT2D eigenvalue weighted by Gasteiger charge is -2.25. The van der Waals surface area contributed by atoms with Gasteiger partial charge in [-0.2, -0.15) is 0 Å². The number of anilines is 2. The lowest BCUT2D eigenvalue weighted by Crippen LogP contribution is -2.29. The number of nitrogens with zero attached hydrogens (tertiary/aromatic N) is 2. The predicted molar refractivity (Wildman–Crippen MR) is 87.9 cm³/mol. The van der Waals surface area contributed by atoms with Gasteiger partial charge in [0.2, 0.25) is 5.91 Å². The molecule has 1 aliphatic heterocycles. The maximum Gasteiger partial charge on any atom is 0.221 e. The number of amides is 1. The maximum absolute atomic E-state index is 11.0. The van der Waals surface area contributed by atoms with E-state index in [-0.39, 0.29) is 5.91 Å². The monoisotopic (exact) mass is 301 g/mol. The summed E-state index contributed by atoms with van der Waals surface area (Å²) in [5, 5.41) is 6.00. The van der Waals surface area contributed by atoms with Crippen molar-refractivity contribution < 1.29 is 4.79 Å². The molecular weight excluding hydrogens is 282 g/mol. The second-order valence-corrected chi connectivity index (χ2v) is 6.16. The number of carbonyl (C=O) groups is 1. The molecule has 0 atom stereocenters. The Hall–Kier alpha value is -1.88. The first-order valence-electron chi connectivity index (χ1n) is 7.31. The molecule has 0 bridgehead atoms. The quantitative estimate of drug-likeness (QED) is 0.939. The van der Waals surface area contributed by atoms with Gasteiger partial charge in [-0.15, -0.1) is 11.3 Å². The third kappa shape index (κ3) is 3.42. The average Bonchev–Trinajstić information content (AvgIpc) is 2.98. The van der Waals surface area contributed by atoms with Gasteiger partial charge in [0.25, 0.3) is 0 Å². The van der Waals surface area contributed by atoms with Crippen LogP contribution in [0.25, 0.3) is 11.3 Å². The summed E-state index contributed by atoms with van der Waals surface area (Å²) in [5.74, 6) is -0.0520. The Morgan fingerprint density at radius 3 is 2.57 bits per heavy atom. The number of piperidine rings is 1. The van der Waals surface area contributed by atoms with E-state index in [0.29, 0.717) is 0 Å². The Balaban J connectivity index is 1.74. The molecule has 110 valence electrons. The predicted octanol–water partition coefficient (Wildman–Crippen LogP) is 3.76. The van der Waals surface area contributed by atoms with Crippen LogP contribution in [0.15, 0.2) is 29.6 Å². The van der Waals surface area contributed by atoms with Gasteiger partial charge in [0.15, 0.2) is 5.13 Å². The van der Waals surface area contributed by atoms with Crippen LogP contribution in [0, 0.1) is 0 Å². The van der Waals surface area contributed by atoms with Crippen LogP contribution in [-0.2, 0) is 4.79 Å². The highest BCUT2D eigenvalue weighted by Crippen LogP contribution is 2.29. The van der Waals surface area contributed by atoms with E-state index in [9.17, 15) is 4.79 Å². The number of carbonyl (C=O) groups excluding carboxylic acids is 1. The Morgan fingerprint density at radius 2 is 1.90 bits per heavy atom. The van der Waals surface area contributed by atoms with Gasteiger partial charge in [0, 0.05) is 36.6 Å². The molecule has 3 rings (SSSR count). The fraction of sp³-hybridized carbons (Fsp3) is 0.375. The van der Waals surface area contributed by atoms with Gasteiger partial charge in [0.1, 0.15) is 0 Å². The van der Waals surface area contributed by atoms with Crippen molar-refractivity contribution in [2.24, 2.45) is 0 Å². The largest absolute Gasteiger partial charge is 0.348 e. The highest BCUT2D eigenvalue weighted by Gasteiger charge is 2.14. The van der Waals surface area contributed by atoms with Gasteiger partial charge in [-0.1, -0.05) is 12.1 Å². The summed E-state index contributed by atoms with van der Waals surface area (Å²) in [7, 11) is 0. The molecule has 21 heavy (non-hydrogen) atoms. The van der Waals surface area contributed by atoms with Gasteiger partial charge in [0.05, 0.1) is 5.69 Å². The van der Waals surface area contributed by atoms with Crippen molar-refractivity contribution >= 4 is 28.1 Å². The second-order valence-electron chi connectivity index (χ2n) is 5.32. The smallest absolute Gasteiger partial charge is 0.221 e. The number of thiazole rings is 1. The maximum atomic E-state index is 11.0. The Morgan fingerprint density at radius 1 is 1.19 bits per heavy atom. The van der Waals surface area contributed by atoms with E-state index in [2.05, 4.69) is 15.6 Å². The molecule has 1 aliphatic rings. The van der Waals surface area contributed by atoms with Crippen LogP contribution in [0.3, 0.4) is 0 Å². The molecule has 1 saturated heterocycles. The van der Waals surface area contributed by atoms with Gasteiger partial charge in [-0.05, 0) is 31.4 Å². The molecule has 1 amide bonds. The number of benzene rings is 1. The number of hydrogen-bond acceptors (Lipinski definition) is 4. The molecule has 1 aromatic heterocycles. The molecule has 0 saturated carbocycles. The summed E-state index contributed by atoms with van der Waals surface area (Å²) in [6.45, 7) is 3.75. The molecule has 2 heterocycles. The Bertz CT molecular complexity index is 615. The molecule has 5 heteroatoms. The highest BCUT2D eigenvalue weighted by atomic mass is 32.1. The molecular formula is C16H19N3OS. The summed E-state index contributed by atoms with van der Waals surface area (Å²) in [6.07, 6.45) is 3.86. The summed E-state index contributed by atoms with van der Waals surface area (Å²) in [5.41, 5.74) is 2.91. The number of rotatable bonds is 3. The minimum atomic E-state index is -0.0520. The van der Waals surface area contributed by atoms with Crippen LogP contribution < -0.4 is 10.2 Å². The van der Waals surface area contributed by atoms with Crippen LogP contribution >= 0.6 is 11.3 Å². The molecule has 0 radical (unpaired) electrons. The number of aromatic nitrogens is 1. The van der Waals surface area contributed by atoms with Crippen molar-refractivity contribution in [2.45, 2.75) is 26.2 Å². The van der Waals surface area contributed by atoms with Crippen LogP contribution in [0.5, 0.6) is 0 Å². The second kappa shape index (κ2) is 6.26. The van der Waals surface area contributed by atoms with Crippen LogP contribution in [0.1, 0.15) is 26.2 Å². The van der Waals surface area contributed by atoms with Gasteiger partial charge in [-0.3, -0.25) is 4.79 Å². The van der Waals surface area contributed by atoms with Crippen molar-refractivity contribution in [3.05, 3.63) is 29.6 Å². The molecule has 1 N–H and O–H groups in total. The van der Waals surface area contributed by atoms with E-state index in [1.807, 2.05) is 24.3 Å². The number of nitrogens with one attached hydrogen (secondary N) is 1. The van der Waals surface area contributed by atoms with Crippen molar-refractivity contribution in [3.8, 4) is 11.3 Å². The van der Waals surface area contributed by atoms with Crippen LogP contribution in [0.2, 0.25) is 0 Å². The van der Waals surface area contributed by atoms with Gasteiger partial charge < -0.3 is 10.2 Å². The molecule has 1 aromatic carbocycles. The first-order chi connectivity index (χ1) is 10.2. The van der Waals surface area contributed by atoms with Gasteiger partial charge in [-0.25, -0.2) is 4.98 Å². The summed E-state index contributed by atoms with van der Waals surface area (Å²) in [4.78, 5) is 18.1. The zero-order chi connectivity index (χ0) is 14.7. The van der Waals surface area contributed by atoms with Crippen molar-refractivity contribution in [2.75, 3.05) is 23.3 Å². The van der Waals surface area contributed by atoms with E-state index >= 15 is 0 Å². The topological polar surface area (TPSA) is 45.2 Å². The molecule has 0 unspecified atom stereocenters. The first-order valence-corrected chi connectivity index (χ1v) is 8.19. The molecule has 1 fully saturated rings. The summed E-state index contributed by atoms with van der Waals surface area (Å²) >= 11 is 1.71. The number of hydrogen-bond donors (Lipinski definition) is 1. The highest BCUT2D eigenvalue weighted by molar-refractivity contribution is 7.14. The standard InChI is InChI=1S/C16H19N3OS/c1-12(20)17-14-7-5-13(6-8-14)15-11-21-16(18-15)19-9-3-2-4-10-19/h5-8,11H,2-4,9-10H2,1H3,(H,17,20). The third-order valence-corrected chi connectivity index (χ3v) is 4.52. The minimum absolute atomic E-state index is 0.0520.